The van der Waals surface area contributed by atoms with E-state index in [0.717, 1.165) is 18.2 Å². The Morgan fingerprint density at radius 1 is 1.19 bits per heavy atom. The van der Waals surface area contributed by atoms with Gasteiger partial charge in [0.2, 0.25) is 5.91 Å². The quantitative estimate of drug-likeness (QED) is 0.460. The first kappa shape index (κ1) is 23.4. The molecular formula is C19H11Br2F3N2O4S. The summed E-state index contributed by atoms with van der Waals surface area (Å²) < 4.78 is 39.4. The molecule has 0 aromatic heterocycles. The van der Waals surface area contributed by atoms with Crippen molar-refractivity contribution in [2.24, 2.45) is 0 Å². The monoisotopic (exact) mass is 578 g/mol. The van der Waals surface area contributed by atoms with Gasteiger partial charge in [-0.3, -0.25) is 19.3 Å². The highest BCUT2D eigenvalue weighted by Crippen LogP contribution is 2.37. The predicted molar refractivity (Wildman–Crippen MR) is 116 cm³/mol. The van der Waals surface area contributed by atoms with Gasteiger partial charge in [0.1, 0.15) is 12.3 Å². The number of carbonyl (C=O) groups is 3. The van der Waals surface area contributed by atoms with Crippen molar-refractivity contribution < 1.29 is 32.7 Å². The third kappa shape index (κ3) is 5.49. The number of benzene rings is 2. The average Bonchev–Trinajstić information content (AvgIpc) is 2.92. The summed E-state index contributed by atoms with van der Waals surface area (Å²) in [6.45, 7) is -0.674. The Bertz CT molecular complexity index is 1120. The number of hydrogen-bond acceptors (Lipinski definition) is 5. The van der Waals surface area contributed by atoms with Crippen LogP contribution in [0.5, 0.6) is 5.75 Å². The molecule has 2 aromatic rings. The lowest BCUT2D eigenvalue weighted by atomic mass is 10.2. The van der Waals surface area contributed by atoms with Crippen LogP contribution in [0.4, 0.5) is 23.7 Å². The van der Waals surface area contributed by atoms with Gasteiger partial charge in [0.25, 0.3) is 11.1 Å². The number of phenolic OH excluding ortho intramolecular Hbond substituents is 1. The minimum absolute atomic E-state index is 0.0165. The van der Waals surface area contributed by atoms with Crippen molar-refractivity contribution in [2.45, 2.75) is 6.18 Å². The van der Waals surface area contributed by atoms with Crippen LogP contribution >= 0.6 is 43.6 Å². The van der Waals surface area contributed by atoms with Gasteiger partial charge >= 0.3 is 6.18 Å². The Labute approximate surface area is 194 Å². The molecule has 1 saturated heterocycles. The molecule has 2 N–H and O–H groups in total. The zero-order valence-corrected chi connectivity index (χ0v) is 19.2. The minimum atomic E-state index is -4.58. The van der Waals surface area contributed by atoms with Gasteiger partial charge in [-0.25, -0.2) is 0 Å². The van der Waals surface area contributed by atoms with Crippen LogP contribution < -0.4 is 5.32 Å². The van der Waals surface area contributed by atoms with Crippen molar-refractivity contribution in [3.8, 4) is 5.75 Å². The minimum Gasteiger partial charge on any atom is -0.506 e. The van der Waals surface area contributed by atoms with Crippen LogP contribution in [0.15, 0.2) is 50.2 Å². The molecular weight excluding hydrogens is 569 g/mol. The van der Waals surface area contributed by atoms with E-state index < -0.39 is 35.3 Å². The molecule has 6 nitrogen and oxygen atoms in total. The molecule has 0 radical (unpaired) electrons. The number of carbonyl (C=O) groups excluding carboxylic acids is 3. The van der Waals surface area contributed by atoms with Crippen molar-refractivity contribution in [1.82, 2.24) is 4.90 Å². The van der Waals surface area contributed by atoms with Crippen LogP contribution in [0.3, 0.4) is 0 Å². The SMILES string of the molecule is O=C(CN1C(=O)S/C(=C\c2cc(Br)cc(Br)c2O)C1=O)Nc1cccc(C(F)(F)F)c1. The van der Waals surface area contributed by atoms with Gasteiger partial charge in [-0.1, -0.05) is 22.0 Å². The van der Waals surface area contributed by atoms with E-state index in [4.69, 9.17) is 0 Å². The topological polar surface area (TPSA) is 86.7 Å². The molecule has 0 unspecified atom stereocenters. The number of phenols is 1. The molecule has 2 aromatic carbocycles. The molecule has 1 heterocycles. The van der Waals surface area contributed by atoms with Gasteiger partial charge in [-0.2, -0.15) is 13.2 Å². The first-order valence-corrected chi connectivity index (χ1v) is 10.8. The van der Waals surface area contributed by atoms with Crippen LogP contribution in [-0.4, -0.2) is 33.6 Å². The number of alkyl halides is 3. The summed E-state index contributed by atoms with van der Waals surface area (Å²) in [5.41, 5.74) is -0.800. The molecule has 1 aliphatic heterocycles. The number of amides is 3. The summed E-state index contributed by atoms with van der Waals surface area (Å²) in [7, 11) is 0. The molecule has 3 rings (SSSR count). The van der Waals surface area contributed by atoms with Crippen LogP contribution in [0.25, 0.3) is 6.08 Å². The highest BCUT2D eigenvalue weighted by Gasteiger charge is 2.36. The van der Waals surface area contributed by atoms with E-state index in [-0.39, 0.29) is 21.9 Å². The molecule has 12 heteroatoms. The van der Waals surface area contributed by atoms with Crippen molar-refractivity contribution in [3.63, 3.8) is 0 Å². The molecule has 0 atom stereocenters. The molecule has 0 aliphatic carbocycles. The van der Waals surface area contributed by atoms with Crippen LogP contribution in [0.2, 0.25) is 0 Å². The van der Waals surface area contributed by atoms with E-state index in [9.17, 15) is 32.7 Å². The normalized spacial score (nSPS) is 15.6. The number of nitrogens with zero attached hydrogens (tertiary/aromatic N) is 1. The summed E-state index contributed by atoms with van der Waals surface area (Å²) >= 11 is 7.00. The number of rotatable bonds is 4. The van der Waals surface area contributed by atoms with Crippen molar-refractivity contribution in [1.29, 1.82) is 0 Å². The van der Waals surface area contributed by atoms with Crippen LogP contribution in [0, 0.1) is 0 Å². The highest BCUT2D eigenvalue weighted by atomic mass is 79.9. The standard InChI is InChI=1S/C19H11Br2F3N2O4S/c20-11-4-9(16(28)13(21)7-11)5-14-17(29)26(18(30)31-14)8-15(27)25-12-3-1-2-10(6-12)19(22,23)24/h1-7,28H,8H2,(H,25,27)/b14-5-. The first-order chi connectivity index (χ1) is 14.5. The maximum Gasteiger partial charge on any atom is 0.416 e. The summed E-state index contributed by atoms with van der Waals surface area (Å²) in [5.74, 6) is -1.74. The van der Waals surface area contributed by atoms with Gasteiger partial charge in [0, 0.05) is 15.7 Å². The molecule has 0 spiro atoms. The fourth-order valence-corrected chi connectivity index (χ4v) is 4.68. The van der Waals surface area contributed by atoms with Gasteiger partial charge in [0.15, 0.2) is 0 Å². The lowest BCUT2D eigenvalue weighted by Gasteiger charge is -2.13. The molecule has 162 valence electrons. The fourth-order valence-electron chi connectivity index (χ4n) is 2.59. The fraction of sp³-hybridized carbons (Fsp3) is 0.105. The third-order valence-corrected chi connectivity index (χ3v) is 5.96. The molecule has 31 heavy (non-hydrogen) atoms. The third-order valence-electron chi connectivity index (χ3n) is 3.99. The van der Waals surface area contributed by atoms with E-state index in [1.165, 1.54) is 18.2 Å². The van der Waals surface area contributed by atoms with Gasteiger partial charge in [0.05, 0.1) is 14.9 Å². The molecule has 1 aliphatic rings. The lowest BCUT2D eigenvalue weighted by molar-refractivity contribution is -0.137. The number of imide groups is 1. The van der Waals surface area contributed by atoms with Crippen LogP contribution in [0.1, 0.15) is 11.1 Å². The second kappa shape index (κ2) is 9.05. The zero-order valence-electron chi connectivity index (χ0n) is 15.2. The van der Waals surface area contributed by atoms with Crippen LogP contribution in [-0.2, 0) is 15.8 Å². The Kier molecular flexibility index (Phi) is 6.82. The van der Waals surface area contributed by atoms with Gasteiger partial charge in [-0.15, -0.1) is 0 Å². The molecule has 0 bridgehead atoms. The average molecular weight is 580 g/mol. The molecule has 1 fully saturated rings. The number of thioether (sulfide) groups is 1. The van der Waals surface area contributed by atoms with Gasteiger partial charge in [-0.05, 0) is 64.1 Å². The smallest absolute Gasteiger partial charge is 0.416 e. The Morgan fingerprint density at radius 2 is 1.90 bits per heavy atom. The number of nitrogens with one attached hydrogen (secondary N) is 1. The zero-order chi connectivity index (χ0) is 22.9. The van der Waals surface area contributed by atoms with E-state index in [1.54, 1.807) is 6.07 Å². The van der Waals surface area contributed by atoms with Crippen molar-refractivity contribution in [2.75, 3.05) is 11.9 Å². The van der Waals surface area contributed by atoms with E-state index in [0.29, 0.717) is 25.6 Å². The number of anilines is 1. The van der Waals surface area contributed by atoms with Crippen molar-refractivity contribution in [3.05, 3.63) is 61.4 Å². The highest BCUT2D eigenvalue weighted by molar-refractivity contribution is 9.11. The van der Waals surface area contributed by atoms with E-state index >= 15 is 0 Å². The maximum absolute atomic E-state index is 12.8. The molecule has 3 amide bonds. The Balaban J connectivity index is 1.74. The van der Waals surface area contributed by atoms with Crippen molar-refractivity contribution >= 4 is 72.4 Å². The predicted octanol–water partition coefficient (Wildman–Crippen LogP) is 5.61. The summed E-state index contributed by atoms with van der Waals surface area (Å²) in [6.07, 6.45) is -3.27. The Morgan fingerprint density at radius 3 is 2.58 bits per heavy atom. The van der Waals surface area contributed by atoms with E-state index in [2.05, 4.69) is 37.2 Å². The number of halogens is 5. The number of hydrogen-bond donors (Lipinski definition) is 2. The lowest BCUT2D eigenvalue weighted by Crippen LogP contribution is -2.36. The first-order valence-electron chi connectivity index (χ1n) is 8.36. The molecule has 0 saturated carbocycles. The maximum atomic E-state index is 12.8. The number of aromatic hydroxyl groups is 1. The summed E-state index contributed by atoms with van der Waals surface area (Å²) in [6, 6.07) is 7.12. The van der Waals surface area contributed by atoms with E-state index in [1.807, 2.05) is 0 Å². The second-order valence-electron chi connectivity index (χ2n) is 6.22. The Hall–Kier alpha value is -2.31. The summed E-state index contributed by atoms with van der Waals surface area (Å²) in [5, 5.41) is 11.6. The second-order valence-corrected chi connectivity index (χ2v) is 8.98. The largest absolute Gasteiger partial charge is 0.506 e. The van der Waals surface area contributed by atoms with Gasteiger partial charge < -0.3 is 10.4 Å². The summed E-state index contributed by atoms with van der Waals surface area (Å²) in [4.78, 5) is 37.6.